The summed E-state index contributed by atoms with van der Waals surface area (Å²) < 4.78 is 6.36. The van der Waals surface area contributed by atoms with Crippen molar-refractivity contribution in [3.05, 3.63) is 28.2 Å². The van der Waals surface area contributed by atoms with Crippen LogP contribution in [0, 0.1) is 5.92 Å². The van der Waals surface area contributed by atoms with Gasteiger partial charge in [0.2, 0.25) is 5.91 Å². The van der Waals surface area contributed by atoms with Crippen LogP contribution in [0.1, 0.15) is 63.9 Å². The van der Waals surface area contributed by atoms with Gasteiger partial charge in [-0.1, -0.05) is 39.2 Å². The van der Waals surface area contributed by atoms with Crippen molar-refractivity contribution >= 4 is 27.7 Å². The number of carbonyl (C=O) groups excluding carboxylic acids is 2. The van der Waals surface area contributed by atoms with Gasteiger partial charge in [0.1, 0.15) is 5.75 Å². The smallest absolute Gasteiger partial charge is 0.276 e. The molecule has 1 aliphatic rings. The van der Waals surface area contributed by atoms with Crippen LogP contribution in [0.2, 0.25) is 0 Å². The number of hydrogen-bond donors (Lipinski definition) is 2. The quantitative estimate of drug-likeness (QED) is 0.694. The van der Waals surface area contributed by atoms with Crippen LogP contribution in [-0.2, 0) is 9.59 Å². The van der Waals surface area contributed by atoms with E-state index < -0.39 is 0 Å². The Balaban J connectivity index is 1.76. The number of halogens is 1. The van der Waals surface area contributed by atoms with Crippen LogP contribution in [0.4, 0.5) is 0 Å². The fraction of sp³-hybridized carbons (Fsp3) is 0.579. The third-order valence-corrected chi connectivity index (χ3v) is 5.42. The minimum atomic E-state index is -0.373. The third kappa shape index (κ3) is 6.03. The number of nitrogens with one attached hydrogen (secondary N) is 2. The summed E-state index contributed by atoms with van der Waals surface area (Å²) in [7, 11) is 0. The van der Waals surface area contributed by atoms with E-state index in [9.17, 15) is 9.59 Å². The zero-order chi connectivity index (χ0) is 18.2. The molecule has 0 bridgehead atoms. The predicted molar refractivity (Wildman–Crippen MR) is 101 cm³/mol. The molecule has 1 fully saturated rings. The molecule has 1 aliphatic carbocycles. The summed E-state index contributed by atoms with van der Waals surface area (Å²) in [4.78, 5) is 23.9. The highest BCUT2D eigenvalue weighted by Gasteiger charge is 2.21. The monoisotopic (exact) mass is 410 g/mol. The van der Waals surface area contributed by atoms with Crippen molar-refractivity contribution in [1.29, 1.82) is 0 Å². The highest BCUT2D eigenvalue weighted by Crippen LogP contribution is 2.30. The Hall–Kier alpha value is -1.56. The lowest BCUT2D eigenvalue weighted by Crippen LogP contribution is -2.46. The average Bonchev–Trinajstić information content (AvgIpc) is 2.65. The van der Waals surface area contributed by atoms with Crippen LogP contribution >= 0.6 is 15.9 Å². The maximum atomic E-state index is 12.0. The van der Waals surface area contributed by atoms with Gasteiger partial charge in [0.05, 0.1) is 4.47 Å². The molecule has 1 aromatic rings. The first-order valence-electron chi connectivity index (χ1n) is 9.02. The van der Waals surface area contributed by atoms with E-state index >= 15 is 0 Å². The first-order chi connectivity index (χ1) is 12.0. The fourth-order valence-corrected chi connectivity index (χ4v) is 3.46. The zero-order valence-corrected chi connectivity index (χ0v) is 16.5. The first-order valence-corrected chi connectivity index (χ1v) is 9.81. The molecule has 1 unspecified atom stereocenters. The Bertz CT molecular complexity index is 600. The molecule has 0 heterocycles. The van der Waals surface area contributed by atoms with Crippen molar-refractivity contribution in [2.45, 2.75) is 58.3 Å². The van der Waals surface area contributed by atoms with E-state index in [4.69, 9.17) is 4.74 Å². The van der Waals surface area contributed by atoms with Gasteiger partial charge in [-0.2, -0.15) is 0 Å². The van der Waals surface area contributed by atoms with Crippen molar-refractivity contribution < 1.29 is 14.3 Å². The number of benzene rings is 1. The summed E-state index contributed by atoms with van der Waals surface area (Å²) in [6, 6.07) is 5.89. The SMILES string of the molecule is CCC(C)c1ccc(OCC(=O)NNC(=O)C2CCCCC2)c(Br)c1. The average molecular weight is 411 g/mol. The fourth-order valence-electron chi connectivity index (χ4n) is 2.95. The minimum absolute atomic E-state index is 0.0113. The van der Waals surface area contributed by atoms with Gasteiger partial charge in [0.25, 0.3) is 5.91 Å². The standard InChI is InChI=1S/C19H27BrN2O3/c1-3-13(2)15-9-10-17(16(20)11-15)25-12-18(23)21-22-19(24)14-7-5-4-6-8-14/h9-11,13-14H,3-8,12H2,1-2H3,(H,21,23)(H,22,24). The summed E-state index contributed by atoms with van der Waals surface area (Å²) >= 11 is 3.48. The van der Waals surface area contributed by atoms with Crippen molar-refractivity contribution in [2.75, 3.05) is 6.61 Å². The van der Waals surface area contributed by atoms with Crippen LogP contribution in [-0.4, -0.2) is 18.4 Å². The molecule has 2 amide bonds. The van der Waals surface area contributed by atoms with Gasteiger partial charge in [0, 0.05) is 5.92 Å². The molecule has 2 rings (SSSR count). The van der Waals surface area contributed by atoms with E-state index in [1.165, 1.54) is 12.0 Å². The normalized spacial score (nSPS) is 16.1. The molecule has 0 saturated heterocycles. The number of rotatable bonds is 6. The lowest BCUT2D eigenvalue weighted by Gasteiger charge is -2.20. The summed E-state index contributed by atoms with van der Waals surface area (Å²) in [6.45, 7) is 4.17. The van der Waals surface area contributed by atoms with E-state index in [1.807, 2.05) is 18.2 Å². The van der Waals surface area contributed by atoms with Gasteiger partial charge in [0.15, 0.2) is 6.61 Å². The Morgan fingerprint density at radius 3 is 2.60 bits per heavy atom. The number of amides is 2. The largest absolute Gasteiger partial charge is 0.483 e. The first kappa shape index (κ1) is 19.8. The molecule has 0 aliphatic heterocycles. The second-order valence-electron chi connectivity index (χ2n) is 6.66. The van der Waals surface area contributed by atoms with E-state index in [0.717, 1.165) is 36.6 Å². The predicted octanol–water partition coefficient (Wildman–Crippen LogP) is 4.07. The summed E-state index contributed by atoms with van der Waals surface area (Å²) in [5.41, 5.74) is 6.16. The second kappa shape index (κ2) is 9.80. The molecule has 1 aromatic carbocycles. The molecule has 6 heteroatoms. The third-order valence-electron chi connectivity index (χ3n) is 4.80. The van der Waals surface area contributed by atoms with Gasteiger partial charge in [-0.3, -0.25) is 20.4 Å². The summed E-state index contributed by atoms with van der Waals surface area (Å²) in [6.07, 6.45) is 6.21. The van der Waals surface area contributed by atoms with Gasteiger partial charge < -0.3 is 4.74 Å². The molecule has 1 atom stereocenters. The number of ether oxygens (including phenoxy) is 1. The number of carbonyl (C=O) groups is 2. The summed E-state index contributed by atoms with van der Waals surface area (Å²) in [5.74, 6) is 0.621. The van der Waals surface area contributed by atoms with Crippen LogP contribution in [0.3, 0.4) is 0 Å². The topological polar surface area (TPSA) is 67.4 Å². The summed E-state index contributed by atoms with van der Waals surface area (Å²) in [5, 5.41) is 0. The molecule has 0 aromatic heterocycles. The number of hydrogen-bond acceptors (Lipinski definition) is 3. The number of hydrazine groups is 1. The van der Waals surface area contributed by atoms with Crippen LogP contribution in [0.25, 0.3) is 0 Å². The van der Waals surface area contributed by atoms with Crippen LogP contribution < -0.4 is 15.6 Å². The van der Waals surface area contributed by atoms with E-state index in [1.54, 1.807) is 0 Å². The van der Waals surface area contributed by atoms with Gasteiger partial charge in [-0.05, 0) is 58.8 Å². The van der Waals surface area contributed by atoms with Gasteiger partial charge in [-0.25, -0.2) is 0 Å². The molecule has 5 nitrogen and oxygen atoms in total. The lowest BCUT2D eigenvalue weighted by molar-refractivity contribution is -0.132. The molecule has 0 radical (unpaired) electrons. The Morgan fingerprint density at radius 1 is 1.24 bits per heavy atom. The second-order valence-corrected chi connectivity index (χ2v) is 7.51. The van der Waals surface area contributed by atoms with Crippen molar-refractivity contribution in [3.8, 4) is 5.75 Å². The molecule has 138 valence electrons. The highest BCUT2D eigenvalue weighted by molar-refractivity contribution is 9.10. The molecular weight excluding hydrogens is 384 g/mol. The lowest BCUT2D eigenvalue weighted by atomic mass is 9.89. The van der Waals surface area contributed by atoms with Crippen LogP contribution in [0.15, 0.2) is 22.7 Å². The van der Waals surface area contributed by atoms with Gasteiger partial charge >= 0.3 is 0 Å². The van der Waals surface area contributed by atoms with E-state index in [2.05, 4.69) is 40.6 Å². The van der Waals surface area contributed by atoms with Crippen LogP contribution in [0.5, 0.6) is 5.75 Å². The molecule has 25 heavy (non-hydrogen) atoms. The molecule has 2 N–H and O–H groups in total. The van der Waals surface area contributed by atoms with Crippen molar-refractivity contribution in [3.63, 3.8) is 0 Å². The Morgan fingerprint density at radius 2 is 1.96 bits per heavy atom. The van der Waals surface area contributed by atoms with E-state index in [-0.39, 0.29) is 24.3 Å². The zero-order valence-electron chi connectivity index (χ0n) is 14.9. The molecular formula is C19H27BrN2O3. The minimum Gasteiger partial charge on any atom is -0.483 e. The van der Waals surface area contributed by atoms with Crippen molar-refractivity contribution in [2.24, 2.45) is 5.92 Å². The van der Waals surface area contributed by atoms with E-state index in [0.29, 0.717) is 11.7 Å². The maximum Gasteiger partial charge on any atom is 0.276 e. The Labute approximate surface area is 158 Å². The molecule has 1 saturated carbocycles. The van der Waals surface area contributed by atoms with Crippen molar-refractivity contribution in [1.82, 2.24) is 10.9 Å². The molecule has 0 spiro atoms. The Kier molecular flexibility index (Phi) is 7.75. The highest BCUT2D eigenvalue weighted by atomic mass is 79.9. The van der Waals surface area contributed by atoms with Gasteiger partial charge in [-0.15, -0.1) is 0 Å². The maximum absolute atomic E-state index is 12.0.